The van der Waals surface area contributed by atoms with Crippen LogP contribution >= 0.6 is 0 Å². The molecule has 0 saturated carbocycles. The average molecular weight is 417 g/mol. The highest BCUT2D eigenvalue weighted by Gasteiger charge is 2.25. The predicted molar refractivity (Wildman–Crippen MR) is 110 cm³/mol. The lowest BCUT2D eigenvalue weighted by Crippen LogP contribution is -2.48. The summed E-state index contributed by atoms with van der Waals surface area (Å²) in [5.41, 5.74) is 0.179. The number of hydrogen-bond donors (Lipinski definition) is 1. The number of ether oxygens (including phenoxy) is 3. The van der Waals surface area contributed by atoms with E-state index in [-0.39, 0.29) is 23.4 Å². The minimum absolute atomic E-state index is 0.0702. The highest BCUT2D eigenvalue weighted by Crippen LogP contribution is 2.21. The van der Waals surface area contributed by atoms with Gasteiger partial charge in [-0.15, -0.1) is 0 Å². The highest BCUT2D eigenvalue weighted by molar-refractivity contribution is 5.96. The molecular weight excluding hydrogens is 390 g/mol. The maximum absolute atomic E-state index is 12.8. The number of piperidine rings is 1. The number of nitrogens with zero attached hydrogens (tertiary/aromatic N) is 4. The lowest BCUT2D eigenvalue weighted by molar-refractivity contribution is 0.0929. The van der Waals surface area contributed by atoms with Crippen LogP contribution in [0.5, 0.6) is 11.8 Å². The number of methoxy groups -OCH3 is 3. The molecule has 0 aliphatic carbocycles. The van der Waals surface area contributed by atoms with Crippen molar-refractivity contribution in [2.24, 2.45) is 0 Å². The molecule has 1 aliphatic rings. The van der Waals surface area contributed by atoms with Crippen molar-refractivity contribution in [2.75, 3.05) is 45.9 Å². The van der Waals surface area contributed by atoms with Gasteiger partial charge in [0.25, 0.3) is 11.5 Å². The van der Waals surface area contributed by atoms with Gasteiger partial charge in [0.15, 0.2) is 0 Å². The van der Waals surface area contributed by atoms with Gasteiger partial charge in [0.2, 0.25) is 11.8 Å². The SMILES string of the molecule is COCCn1nc(N2CCCC(NC(=O)c3ccc(OC)nc3OC)C2)ccc1=O. The van der Waals surface area contributed by atoms with Gasteiger partial charge in [0, 0.05) is 38.4 Å². The minimum atomic E-state index is -0.258. The van der Waals surface area contributed by atoms with Crippen molar-refractivity contribution in [1.82, 2.24) is 20.1 Å². The van der Waals surface area contributed by atoms with E-state index in [0.717, 1.165) is 19.4 Å². The van der Waals surface area contributed by atoms with Crippen molar-refractivity contribution in [3.05, 3.63) is 40.2 Å². The Morgan fingerprint density at radius 3 is 2.77 bits per heavy atom. The number of amides is 1. The summed E-state index contributed by atoms with van der Waals surface area (Å²) in [6.45, 7) is 2.19. The van der Waals surface area contributed by atoms with Gasteiger partial charge in [-0.3, -0.25) is 9.59 Å². The Hall–Kier alpha value is -3.14. The number of aromatic nitrogens is 3. The van der Waals surface area contributed by atoms with Gasteiger partial charge in [0.05, 0.1) is 27.4 Å². The molecule has 3 rings (SSSR count). The van der Waals surface area contributed by atoms with Gasteiger partial charge >= 0.3 is 0 Å². The second-order valence-corrected chi connectivity index (χ2v) is 6.91. The molecule has 30 heavy (non-hydrogen) atoms. The number of hydrogen-bond acceptors (Lipinski definition) is 8. The average Bonchev–Trinajstić information content (AvgIpc) is 2.78. The van der Waals surface area contributed by atoms with E-state index in [1.54, 1.807) is 25.3 Å². The van der Waals surface area contributed by atoms with Gasteiger partial charge in [-0.05, 0) is 25.0 Å². The fraction of sp³-hybridized carbons (Fsp3) is 0.500. The zero-order valence-electron chi connectivity index (χ0n) is 17.5. The summed E-state index contributed by atoms with van der Waals surface area (Å²) in [6, 6.07) is 6.41. The molecule has 1 amide bonds. The number of carbonyl (C=O) groups excluding carboxylic acids is 1. The third-order valence-corrected chi connectivity index (χ3v) is 4.92. The van der Waals surface area contributed by atoms with E-state index in [2.05, 4.69) is 20.3 Å². The van der Waals surface area contributed by atoms with Crippen LogP contribution in [0.25, 0.3) is 0 Å². The molecule has 1 saturated heterocycles. The third-order valence-electron chi connectivity index (χ3n) is 4.92. The molecule has 0 radical (unpaired) electrons. The maximum atomic E-state index is 12.8. The summed E-state index contributed by atoms with van der Waals surface area (Å²) in [5.74, 6) is 1.04. The second-order valence-electron chi connectivity index (χ2n) is 6.91. The molecular formula is C20H27N5O5. The molecule has 2 aromatic heterocycles. The van der Waals surface area contributed by atoms with Gasteiger partial charge in [-0.2, -0.15) is 10.1 Å². The van der Waals surface area contributed by atoms with E-state index < -0.39 is 0 Å². The molecule has 1 aliphatic heterocycles. The third kappa shape index (κ3) is 5.07. The Labute approximate surface area is 174 Å². The topological polar surface area (TPSA) is 108 Å². The van der Waals surface area contributed by atoms with E-state index >= 15 is 0 Å². The number of rotatable bonds is 8. The molecule has 10 heteroatoms. The summed E-state index contributed by atoms with van der Waals surface area (Å²) in [6.07, 6.45) is 1.74. The molecule has 1 N–H and O–H groups in total. The van der Waals surface area contributed by atoms with Crippen LogP contribution in [0.2, 0.25) is 0 Å². The monoisotopic (exact) mass is 417 g/mol. The van der Waals surface area contributed by atoms with E-state index in [9.17, 15) is 9.59 Å². The molecule has 0 spiro atoms. The van der Waals surface area contributed by atoms with Crippen LogP contribution in [0.1, 0.15) is 23.2 Å². The number of pyridine rings is 1. The fourth-order valence-corrected chi connectivity index (χ4v) is 3.38. The largest absolute Gasteiger partial charge is 0.481 e. The van der Waals surface area contributed by atoms with Gasteiger partial charge in [0.1, 0.15) is 11.4 Å². The normalized spacial score (nSPS) is 16.2. The fourth-order valence-electron chi connectivity index (χ4n) is 3.38. The van der Waals surface area contributed by atoms with Crippen LogP contribution < -0.4 is 25.2 Å². The Balaban J connectivity index is 1.69. The quantitative estimate of drug-likeness (QED) is 0.669. The lowest BCUT2D eigenvalue weighted by atomic mass is 10.1. The summed E-state index contributed by atoms with van der Waals surface area (Å²) in [4.78, 5) is 31.0. The first-order chi connectivity index (χ1) is 14.5. The summed E-state index contributed by atoms with van der Waals surface area (Å²) >= 11 is 0. The Kier molecular flexibility index (Phi) is 7.23. The predicted octanol–water partition coefficient (Wildman–Crippen LogP) is 0.701. The van der Waals surface area contributed by atoms with E-state index in [0.29, 0.717) is 37.0 Å². The summed E-state index contributed by atoms with van der Waals surface area (Å²) in [5, 5.41) is 7.49. The Morgan fingerprint density at radius 2 is 2.03 bits per heavy atom. The van der Waals surface area contributed by atoms with Crippen LogP contribution in [0.3, 0.4) is 0 Å². The van der Waals surface area contributed by atoms with Crippen molar-refractivity contribution in [1.29, 1.82) is 0 Å². The van der Waals surface area contributed by atoms with Crippen LogP contribution in [-0.2, 0) is 11.3 Å². The molecule has 1 atom stereocenters. The molecule has 1 unspecified atom stereocenters. The standard InChI is InChI=1S/C20H27N5O5/c1-28-12-11-25-18(26)9-7-16(23-25)24-10-4-5-14(13-24)21-19(27)15-6-8-17(29-2)22-20(15)30-3/h6-9,14H,4-5,10-13H2,1-3H3,(H,21,27). The molecule has 0 aromatic carbocycles. The summed E-state index contributed by atoms with van der Waals surface area (Å²) < 4.78 is 16.7. The summed E-state index contributed by atoms with van der Waals surface area (Å²) in [7, 11) is 4.55. The highest BCUT2D eigenvalue weighted by atomic mass is 16.5. The van der Waals surface area contributed by atoms with Crippen molar-refractivity contribution in [3.8, 4) is 11.8 Å². The van der Waals surface area contributed by atoms with E-state index in [1.807, 2.05) is 0 Å². The van der Waals surface area contributed by atoms with E-state index in [1.165, 1.54) is 25.0 Å². The Morgan fingerprint density at radius 1 is 1.20 bits per heavy atom. The van der Waals surface area contributed by atoms with Gasteiger partial charge in [-0.25, -0.2) is 4.68 Å². The first-order valence-corrected chi connectivity index (χ1v) is 9.77. The van der Waals surface area contributed by atoms with Crippen LogP contribution in [0.4, 0.5) is 5.82 Å². The molecule has 10 nitrogen and oxygen atoms in total. The molecule has 0 bridgehead atoms. The Bertz CT molecular complexity index is 932. The zero-order valence-corrected chi connectivity index (χ0v) is 17.5. The van der Waals surface area contributed by atoms with Crippen molar-refractivity contribution in [2.45, 2.75) is 25.4 Å². The van der Waals surface area contributed by atoms with Crippen LogP contribution in [0.15, 0.2) is 29.1 Å². The van der Waals surface area contributed by atoms with Crippen molar-refractivity contribution < 1.29 is 19.0 Å². The molecule has 2 aromatic rings. The van der Waals surface area contributed by atoms with Gasteiger partial charge < -0.3 is 24.4 Å². The van der Waals surface area contributed by atoms with E-state index in [4.69, 9.17) is 14.2 Å². The second kappa shape index (κ2) is 10.1. The first kappa shape index (κ1) is 21.6. The maximum Gasteiger partial charge on any atom is 0.266 e. The number of nitrogens with one attached hydrogen (secondary N) is 1. The lowest BCUT2D eigenvalue weighted by Gasteiger charge is -2.34. The molecule has 3 heterocycles. The number of anilines is 1. The molecule has 162 valence electrons. The first-order valence-electron chi connectivity index (χ1n) is 9.77. The number of carbonyl (C=O) groups is 1. The van der Waals surface area contributed by atoms with Crippen molar-refractivity contribution >= 4 is 11.7 Å². The van der Waals surface area contributed by atoms with Crippen molar-refractivity contribution in [3.63, 3.8) is 0 Å². The van der Waals surface area contributed by atoms with Crippen LogP contribution in [-0.4, -0.2) is 67.7 Å². The molecule has 1 fully saturated rings. The smallest absolute Gasteiger partial charge is 0.266 e. The zero-order chi connectivity index (χ0) is 21.5. The van der Waals surface area contributed by atoms with Crippen LogP contribution in [0, 0.1) is 0 Å². The minimum Gasteiger partial charge on any atom is -0.481 e. The van der Waals surface area contributed by atoms with Gasteiger partial charge in [-0.1, -0.05) is 0 Å².